The lowest BCUT2D eigenvalue weighted by Crippen LogP contribution is -2.39. The summed E-state index contributed by atoms with van der Waals surface area (Å²) >= 11 is 0. The van der Waals surface area contributed by atoms with Crippen LogP contribution in [0.15, 0.2) is 24.3 Å². The molecule has 2 N–H and O–H groups in total. The number of amides is 1. The molecule has 0 radical (unpaired) electrons. The lowest BCUT2D eigenvalue weighted by Gasteiger charge is -2.35. The van der Waals surface area contributed by atoms with Gasteiger partial charge in [-0.25, -0.2) is 0 Å². The minimum absolute atomic E-state index is 0.315. The van der Waals surface area contributed by atoms with E-state index in [-0.39, 0.29) is 5.91 Å². The van der Waals surface area contributed by atoms with Crippen LogP contribution in [0.5, 0.6) is 0 Å². The van der Waals surface area contributed by atoms with Crippen LogP contribution in [-0.2, 0) is 6.42 Å². The Morgan fingerprint density at radius 3 is 2.90 bits per heavy atom. The van der Waals surface area contributed by atoms with Crippen LogP contribution in [0, 0.1) is 0 Å². The maximum atomic E-state index is 11.4. The highest BCUT2D eigenvalue weighted by Crippen LogP contribution is 2.20. The number of rotatable bonds is 6. The maximum absolute atomic E-state index is 11.4. The quantitative estimate of drug-likeness (QED) is 0.867. The Balaban J connectivity index is 1.88. The molecule has 2 rings (SSSR count). The van der Waals surface area contributed by atoms with E-state index in [2.05, 4.69) is 11.8 Å². The van der Waals surface area contributed by atoms with E-state index in [9.17, 15) is 4.79 Å². The fourth-order valence-corrected chi connectivity index (χ4v) is 3.27. The second kappa shape index (κ2) is 7.44. The van der Waals surface area contributed by atoms with Crippen molar-refractivity contribution in [2.24, 2.45) is 5.73 Å². The first-order chi connectivity index (χ1) is 9.72. The average Bonchev–Trinajstić information content (AvgIpc) is 2.48. The first-order valence-corrected chi connectivity index (χ1v) is 7.84. The van der Waals surface area contributed by atoms with Gasteiger partial charge >= 0.3 is 0 Å². The Morgan fingerprint density at radius 1 is 1.35 bits per heavy atom. The number of aryl methyl sites for hydroxylation is 1. The summed E-state index contributed by atoms with van der Waals surface area (Å²) in [5.74, 6) is -0.315. The molecular weight excluding hydrogens is 248 g/mol. The van der Waals surface area contributed by atoms with Crippen LogP contribution >= 0.6 is 0 Å². The van der Waals surface area contributed by atoms with Crippen molar-refractivity contribution in [3.05, 3.63) is 35.4 Å². The van der Waals surface area contributed by atoms with Gasteiger partial charge in [-0.2, -0.15) is 0 Å². The molecule has 0 saturated carbocycles. The largest absolute Gasteiger partial charge is 0.366 e. The molecule has 0 spiro atoms. The molecule has 0 aromatic heterocycles. The van der Waals surface area contributed by atoms with Gasteiger partial charge in [0.15, 0.2) is 0 Å². The van der Waals surface area contributed by atoms with Gasteiger partial charge in [0, 0.05) is 11.6 Å². The van der Waals surface area contributed by atoms with Gasteiger partial charge in [0.2, 0.25) is 5.91 Å². The molecule has 3 heteroatoms. The Labute approximate surface area is 122 Å². The molecule has 1 aliphatic rings. The summed E-state index contributed by atoms with van der Waals surface area (Å²) in [7, 11) is 0. The molecule has 1 aromatic rings. The standard InChI is InChI=1S/C17H26N2O/c1-2-15-10-5-6-12-19(15)13-7-9-14-8-3-4-11-16(14)17(18)20/h3-4,8,11,15H,2,5-7,9-10,12-13H2,1H3,(H2,18,20). The lowest BCUT2D eigenvalue weighted by molar-refractivity contribution is 0.0999. The van der Waals surface area contributed by atoms with Crippen LogP contribution < -0.4 is 5.73 Å². The number of carbonyl (C=O) groups excluding carboxylic acids is 1. The number of nitrogens with zero attached hydrogens (tertiary/aromatic N) is 1. The predicted molar refractivity (Wildman–Crippen MR) is 82.8 cm³/mol. The van der Waals surface area contributed by atoms with Crippen LogP contribution in [0.3, 0.4) is 0 Å². The first-order valence-electron chi connectivity index (χ1n) is 7.84. The average molecular weight is 274 g/mol. The number of hydrogen-bond acceptors (Lipinski definition) is 2. The van der Waals surface area contributed by atoms with Gasteiger partial charge in [-0.3, -0.25) is 4.79 Å². The number of nitrogens with two attached hydrogens (primary N) is 1. The summed E-state index contributed by atoms with van der Waals surface area (Å²) in [5.41, 5.74) is 7.19. The van der Waals surface area contributed by atoms with E-state index in [1.807, 2.05) is 24.3 Å². The van der Waals surface area contributed by atoms with E-state index in [1.54, 1.807) is 0 Å². The van der Waals surface area contributed by atoms with Crippen molar-refractivity contribution in [1.29, 1.82) is 0 Å². The fraction of sp³-hybridized carbons (Fsp3) is 0.588. The number of piperidine rings is 1. The van der Waals surface area contributed by atoms with Crippen molar-refractivity contribution in [3.63, 3.8) is 0 Å². The third kappa shape index (κ3) is 3.83. The van der Waals surface area contributed by atoms with E-state index >= 15 is 0 Å². The third-order valence-corrected chi connectivity index (χ3v) is 4.39. The summed E-state index contributed by atoms with van der Waals surface area (Å²) in [6, 6.07) is 8.47. The van der Waals surface area contributed by atoms with E-state index < -0.39 is 0 Å². The molecule has 20 heavy (non-hydrogen) atoms. The van der Waals surface area contributed by atoms with Gasteiger partial charge < -0.3 is 10.6 Å². The second-order valence-corrected chi connectivity index (χ2v) is 5.72. The van der Waals surface area contributed by atoms with Gasteiger partial charge in [-0.1, -0.05) is 31.5 Å². The molecule has 1 amide bonds. The van der Waals surface area contributed by atoms with Gasteiger partial charge in [0.25, 0.3) is 0 Å². The topological polar surface area (TPSA) is 46.3 Å². The minimum Gasteiger partial charge on any atom is -0.366 e. The molecule has 1 unspecified atom stereocenters. The van der Waals surface area contributed by atoms with Crippen molar-refractivity contribution in [2.75, 3.05) is 13.1 Å². The van der Waals surface area contributed by atoms with Crippen LogP contribution in [0.25, 0.3) is 0 Å². The Bertz CT molecular complexity index is 444. The minimum atomic E-state index is -0.315. The van der Waals surface area contributed by atoms with E-state index in [1.165, 1.54) is 32.2 Å². The maximum Gasteiger partial charge on any atom is 0.248 e. The molecule has 1 saturated heterocycles. The van der Waals surface area contributed by atoms with E-state index in [0.717, 1.165) is 31.0 Å². The van der Waals surface area contributed by atoms with Crippen LogP contribution in [0.1, 0.15) is 54.9 Å². The molecule has 110 valence electrons. The van der Waals surface area contributed by atoms with Gasteiger partial charge in [0.1, 0.15) is 0 Å². The Hall–Kier alpha value is -1.35. The normalized spacial score (nSPS) is 19.9. The highest BCUT2D eigenvalue weighted by molar-refractivity contribution is 5.94. The van der Waals surface area contributed by atoms with E-state index in [0.29, 0.717) is 5.56 Å². The number of carbonyl (C=O) groups is 1. The fourth-order valence-electron chi connectivity index (χ4n) is 3.27. The Kier molecular flexibility index (Phi) is 5.60. The van der Waals surface area contributed by atoms with Crippen molar-refractivity contribution in [1.82, 2.24) is 4.90 Å². The zero-order chi connectivity index (χ0) is 14.4. The zero-order valence-corrected chi connectivity index (χ0v) is 12.5. The second-order valence-electron chi connectivity index (χ2n) is 5.72. The monoisotopic (exact) mass is 274 g/mol. The van der Waals surface area contributed by atoms with Gasteiger partial charge in [-0.05, 0) is 56.8 Å². The number of primary amides is 1. The third-order valence-electron chi connectivity index (χ3n) is 4.39. The molecule has 0 aliphatic carbocycles. The van der Waals surface area contributed by atoms with Gasteiger partial charge in [-0.15, -0.1) is 0 Å². The zero-order valence-electron chi connectivity index (χ0n) is 12.5. The summed E-state index contributed by atoms with van der Waals surface area (Å²) < 4.78 is 0. The molecular formula is C17H26N2O. The molecule has 1 aromatic carbocycles. The van der Waals surface area contributed by atoms with Gasteiger partial charge in [0.05, 0.1) is 0 Å². The smallest absolute Gasteiger partial charge is 0.248 e. The summed E-state index contributed by atoms with van der Waals surface area (Å²) in [6.07, 6.45) is 7.33. The van der Waals surface area contributed by atoms with Crippen molar-refractivity contribution in [3.8, 4) is 0 Å². The summed E-state index contributed by atoms with van der Waals surface area (Å²) in [5, 5.41) is 0. The lowest BCUT2D eigenvalue weighted by atomic mass is 9.98. The summed E-state index contributed by atoms with van der Waals surface area (Å²) in [4.78, 5) is 14.0. The SMILES string of the molecule is CCC1CCCCN1CCCc1ccccc1C(N)=O. The Morgan fingerprint density at radius 2 is 2.15 bits per heavy atom. The molecule has 1 heterocycles. The highest BCUT2D eigenvalue weighted by atomic mass is 16.1. The van der Waals surface area contributed by atoms with Crippen LogP contribution in [0.2, 0.25) is 0 Å². The number of hydrogen-bond donors (Lipinski definition) is 1. The molecule has 1 fully saturated rings. The molecule has 1 aliphatic heterocycles. The molecule has 3 nitrogen and oxygen atoms in total. The first kappa shape index (κ1) is 15.0. The predicted octanol–water partition coefficient (Wildman–Crippen LogP) is 2.98. The molecule has 1 atom stereocenters. The van der Waals surface area contributed by atoms with Crippen molar-refractivity contribution in [2.45, 2.75) is 51.5 Å². The van der Waals surface area contributed by atoms with Crippen molar-refractivity contribution < 1.29 is 4.79 Å². The number of likely N-dealkylation sites (tertiary alicyclic amines) is 1. The highest BCUT2D eigenvalue weighted by Gasteiger charge is 2.20. The number of benzene rings is 1. The van der Waals surface area contributed by atoms with Crippen LogP contribution in [0.4, 0.5) is 0 Å². The van der Waals surface area contributed by atoms with E-state index in [4.69, 9.17) is 5.73 Å². The van der Waals surface area contributed by atoms with Crippen LogP contribution in [-0.4, -0.2) is 29.9 Å². The summed E-state index contributed by atoms with van der Waals surface area (Å²) in [6.45, 7) is 4.65. The van der Waals surface area contributed by atoms with Crippen molar-refractivity contribution >= 4 is 5.91 Å². The molecule has 0 bridgehead atoms.